The maximum absolute atomic E-state index is 12.0. The lowest BCUT2D eigenvalue weighted by Gasteiger charge is -2.09. The molecule has 0 N–H and O–H groups in total. The van der Waals surface area contributed by atoms with Gasteiger partial charge in [-0.25, -0.2) is 9.78 Å². The van der Waals surface area contributed by atoms with Crippen LogP contribution in [0.4, 0.5) is 0 Å². The molecule has 0 bridgehead atoms. The molecule has 0 aliphatic carbocycles. The smallest absolute Gasteiger partial charge is 0.348 e. The van der Waals surface area contributed by atoms with E-state index in [0.717, 1.165) is 11.3 Å². The van der Waals surface area contributed by atoms with E-state index in [1.165, 1.54) is 10.8 Å². The molecule has 0 unspecified atom stereocenters. The van der Waals surface area contributed by atoms with E-state index < -0.39 is 0 Å². The minimum absolute atomic E-state index is 0.295. The molecule has 2 aromatic heterocycles. The summed E-state index contributed by atoms with van der Waals surface area (Å²) in [7, 11) is 1.60. The SMILES string of the molecule is COc1ccc(Cn2c(=O)ncc3nc(C#N)ccc32)cc1. The number of nitrogens with zero attached hydrogens (tertiary/aromatic N) is 4. The Labute approximate surface area is 126 Å². The van der Waals surface area contributed by atoms with Crippen LogP contribution >= 0.6 is 0 Å². The van der Waals surface area contributed by atoms with Crippen LogP contribution in [0.25, 0.3) is 11.0 Å². The first kappa shape index (κ1) is 13.8. The monoisotopic (exact) mass is 292 g/mol. The zero-order valence-electron chi connectivity index (χ0n) is 11.9. The third-order valence-electron chi connectivity index (χ3n) is 3.34. The number of methoxy groups -OCH3 is 1. The van der Waals surface area contributed by atoms with Crippen LogP contribution in [-0.4, -0.2) is 21.6 Å². The van der Waals surface area contributed by atoms with Crippen LogP contribution in [0.5, 0.6) is 5.75 Å². The summed E-state index contributed by atoms with van der Waals surface area (Å²) in [6, 6.07) is 12.7. The number of rotatable bonds is 3. The molecular weight excluding hydrogens is 280 g/mol. The van der Waals surface area contributed by atoms with E-state index in [0.29, 0.717) is 23.3 Å². The highest BCUT2D eigenvalue weighted by molar-refractivity contribution is 5.74. The predicted octanol–water partition coefficient (Wildman–Crippen LogP) is 1.72. The average Bonchev–Trinajstić information content (AvgIpc) is 2.57. The van der Waals surface area contributed by atoms with E-state index in [4.69, 9.17) is 10.00 Å². The van der Waals surface area contributed by atoms with Crippen molar-refractivity contribution >= 4 is 11.0 Å². The van der Waals surface area contributed by atoms with Gasteiger partial charge in [-0.05, 0) is 29.8 Å². The molecule has 0 aliphatic heterocycles. The predicted molar refractivity (Wildman–Crippen MR) is 80.6 cm³/mol. The highest BCUT2D eigenvalue weighted by Gasteiger charge is 2.07. The fraction of sp³-hybridized carbons (Fsp3) is 0.125. The molecule has 0 saturated carbocycles. The van der Waals surface area contributed by atoms with Gasteiger partial charge in [0.25, 0.3) is 0 Å². The summed E-state index contributed by atoms with van der Waals surface area (Å²) < 4.78 is 6.65. The van der Waals surface area contributed by atoms with Crippen LogP contribution in [0.1, 0.15) is 11.3 Å². The maximum atomic E-state index is 12.0. The molecule has 0 spiro atoms. The Balaban J connectivity index is 2.07. The minimum atomic E-state index is -0.352. The number of ether oxygens (including phenoxy) is 1. The summed E-state index contributed by atoms with van der Waals surface area (Å²) >= 11 is 0. The maximum Gasteiger partial charge on any atom is 0.348 e. The number of aromatic nitrogens is 3. The van der Waals surface area contributed by atoms with Crippen molar-refractivity contribution < 1.29 is 4.74 Å². The molecule has 0 radical (unpaired) electrons. The van der Waals surface area contributed by atoms with E-state index in [1.54, 1.807) is 19.2 Å². The largest absolute Gasteiger partial charge is 0.497 e. The van der Waals surface area contributed by atoms with Crippen molar-refractivity contribution in [3.05, 3.63) is 64.3 Å². The molecule has 2 heterocycles. The molecule has 1 aromatic carbocycles. The summed E-state index contributed by atoms with van der Waals surface area (Å²) in [5.41, 5.74) is 2.06. The van der Waals surface area contributed by atoms with E-state index in [1.807, 2.05) is 30.3 Å². The highest BCUT2D eigenvalue weighted by atomic mass is 16.5. The van der Waals surface area contributed by atoms with Crippen LogP contribution in [0.2, 0.25) is 0 Å². The van der Waals surface area contributed by atoms with Gasteiger partial charge in [-0.1, -0.05) is 12.1 Å². The highest BCUT2D eigenvalue weighted by Crippen LogP contribution is 2.14. The van der Waals surface area contributed by atoms with Gasteiger partial charge in [-0.15, -0.1) is 0 Å². The topological polar surface area (TPSA) is 80.8 Å². The van der Waals surface area contributed by atoms with E-state index in [9.17, 15) is 4.79 Å². The Bertz CT molecular complexity index is 924. The first-order chi connectivity index (χ1) is 10.7. The molecule has 6 nitrogen and oxygen atoms in total. The van der Waals surface area contributed by atoms with Gasteiger partial charge in [0.2, 0.25) is 0 Å². The van der Waals surface area contributed by atoms with Gasteiger partial charge in [0.05, 0.1) is 25.4 Å². The van der Waals surface area contributed by atoms with Gasteiger partial charge in [-0.3, -0.25) is 4.57 Å². The average molecular weight is 292 g/mol. The molecular formula is C16H12N4O2. The Morgan fingerprint density at radius 2 is 2.00 bits per heavy atom. The van der Waals surface area contributed by atoms with Crippen molar-refractivity contribution in [2.45, 2.75) is 6.54 Å². The lowest BCUT2D eigenvalue weighted by molar-refractivity contribution is 0.414. The molecule has 0 saturated heterocycles. The minimum Gasteiger partial charge on any atom is -0.497 e. The second-order valence-electron chi connectivity index (χ2n) is 4.69. The Morgan fingerprint density at radius 1 is 1.23 bits per heavy atom. The first-order valence-electron chi connectivity index (χ1n) is 6.61. The second-order valence-corrected chi connectivity index (χ2v) is 4.69. The number of fused-ring (bicyclic) bond motifs is 1. The summed E-state index contributed by atoms with van der Waals surface area (Å²) in [4.78, 5) is 20.0. The fourth-order valence-corrected chi connectivity index (χ4v) is 2.21. The summed E-state index contributed by atoms with van der Waals surface area (Å²) in [5.74, 6) is 0.757. The lowest BCUT2D eigenvalue weighted by atomic mass is 10.2. The van der Waals surface area contributed by atoms with Crippen molar-refractivity contribution in [3.8, 4) is 11.8 Å². The number of hydrogen-bond donors (Lipinski definition) is 0. The van der Waals surface area contributed by atoms with Crippen LogP contribution in [-0.2, 0) is 6.54 Å². The normalized spacial score (nSPS) is 10.4. The molecule has 3 rings (SSSR count). The Kier molecular flexibility index (Phi) is 3.54. The standard InChI is InChI=1S/C16H12N4O2/c1-22-13-5-2-11(3-6-13)10-20-15-7-4-12(8-17)19-14(15)9-18-16(20)21/h2-7,9H,10H2,1H3. The summed E-state index contributed by atoms with van der Waals surface area (Å²) in [6.45, 7) is 0.376. The first-order valence-corrected chi connectivity index (χ1v) is 6.61. The second kappa shape index (κ2) is 5.66. The van der Waals surface area contributed by atoms with Gasteiger partial charge in [0.1, 0.15) is 23.0 Å². The van der Waals surface area contributed by atoms with Crippen molar-refractivity contribution in [3.63, 3.8) is 0 Å². The fourth-order valence-electron chi connectivity index (χ4n) is 2.21. The number of nitriles is 1. The van der Waals surface area contributed by atoms with Crippen molar-refractivity contribution in [1.29, 1.82) is 5.26 Å². The Morgan fingerprint density at radius 3 is 2.68 bits per heavy atom. The number of hydrogen-bond acceptors (Lipinski definition) is 5. The van der Waals surface area contributed by atoms with E-state index >= 15 is 0 Å². The van der Waals surface area contributed by atoms with Crippen LogP contribution in [0.15, 0.2) is 47.4 Å². The third kappa shape index (κ3) is 2.52. The van der Waals surface area contributed by atoms with Crippen LogP contribution in [0, 0.1) is 11.3 Å². The van der Waals surface area contributed by atoms with Gasteiger partial charge in [0, 0.05) is 0 Å². The van der Waals surface area contributed by atoms with E-state index in [-0.39, 0.29) is 5.69 Å². The number of benzene rings is 1. The summed E-state index contributed by atoms with van der Waals surface area (Å²) in [5, 5.41) is 8.89. The molecule has 0 fully saturated rings. The lowest BCUT2D eigenvalue weighted by Crippen LogP contribution is -2.23. The van der Waals surface area contributed by atoms with E-state index in [2.05, 4.69) is 9.97 Å². The number of pyridine rings is 1. The molecule has 0 amide bonds. The Hall–Kier alpha value is -3.20. The molecule has 6 heteroatoms. The molecule has 0 atom stereocenters. The summed E-state index contributed by atoms with van der Waals surface area (Å²) in [6.07, 6.45) is 1.39. The van der Waals surface area contributed by atoms with Crippen molar-refractivity contribution in [2.75, 3.05) is 7.11 Å². The van der Waals surface area contributed by atoms with Crippen molar-refractivity contribution in [1.82, 2.24) is 14.5 Å². The quantitative estimate of drug-likeness (QED) is 0.734. The van der Waals surface area contributed by atoms with Crippen LogP contribution < -0.4 is 10.4 Å². The molecule has 108 valence electrons. The van der Waals surface area contributed by atoms with Gasteiger partial charge in [0.15, 0.2) is 0 Å². The van der Waals surface area contributed by atoms with Gasteiger partial charge >= 0.3 is 5.69 Å². The third-order valence-corrected chi connectivity index (χ3v) is 3.34. The molecule has 0 aliphatic rings. The molecule has 22 heavy (non-hydrogen) atoms. The van der Waals surface area contributed by atoms with Crippen molar-refractivity contribution in [2.24, 2.45) is 0 Å². The van der Waals surface area contributed by atoms with Gasteiger partial charge in [-0.2, -0.15) is 10.2 Å². The van der Waals surface area contributed by atoms with Gasteiger partial charge < -0.3 is 4.74 Å². The zero-order chi connectivity index (χ0) is 15.5. The van der Waals surface area contributed by atoms with Crippen LogP contribution in [0.3, 0.4) is 0 Å². The zero-order valence-corrected chi connectivity index (χ0v) is 11.9. The molecule has 3 aromatic rings.